The van der Waals surface area contributed by atoms with Crippen molar-refractivity contribution in [2.24, 2.45) is 5.92 Å². The Kier molecular flexibility index (Phi) is 10.0. The molecule has 0 aromatic carbocycles. The van der Waals surface area contributed by atoms with E-state index in [2.05, 4.69) is 24.5 Å². The van der Waals surface area contributed by atoms with Crippen LogP contribution >= 0.6 is 0 Å². The van der Waals surface area contributed by atoms with Gasteiger partial charge in [0.05, 0.1) is 0 Å². The van der Waals surface area contributed by atoms with E-state index in [1.165, 1.54) is 0 Å². The fourth-order valence-corrected chi connectivity index (χ4v) is 1.65. The van der Waals surface area contributed by atoms with E-state index >= 15 is 0 Å². The molecule has 0 aromatic heterocycles. The molecular formula is C14H26N2O2. The minimum absolute atomic E-state index is 0.107. The van der Waals surface area contributed by atoms with Crippen LogP contribution in [0.5, 0.6) is 0 Å². The number of carbonyl (C=O) groups is 2. The van der Waals surface area contributed by atoms with Gasteiger partial charge in [0.25, 0.3) is 0 Å². The Balaban J connectivity index is 3.71. The Labute approximate surface area is 110 Å². The second kappa shape index (κ2) is 10.8. The van der Waals surface area contributed by atoms with Crippen LogP contribution < -0.4 is 10.6 Å². The van der Waals surface area contributed by atoms with Crippen LogP contribution in [-0.2, 0) is 9.59 Å². The number of unbranched alkanes of at least 4 members (excludes halogenated alkanes) is 2. The summed E-state index contributed by atoms with van der Waals surface area (Å²) in [6.45, 7) is 6.84. The molecule has 0 aromatic rings. The van der Waals surface area contributed by atoms with Crippen molar-refractivity contribution in [1.82, 2.24) is 10.6 Å². The van der Waals surface area contributed by atoms with Gasteiger partial charge in [0, 0.05) is 19.0 Å². The topological polar surface area (TPSA) is 58.2 Å². The average molecular weight is 254 g/mol. The number of hydrogen-bond donors (Lipinski definition) is 2. The zero-order chi connectivity index (χ0) is 13.8. The van der Waals surface area contributed by atoms with Gasteiger partial charge in [-0.25, -0.2) is 0 Å². The van der Waals surface area contributed by atoms with Gasteiger partial charge >= 0.3 is 0 Å². The van der Waals surface area contributed by atoms with Crippen LogP contribution in [0, 0.1) is 5.92 Å². The van der Waals surface area contributed by atoms with Crippen LogP contribution in [0.25, 0.3) is 0 Å². The maximum absolute atomic E-state index is 11.7. The Morgan fingerprint density at radius 2 is 1.94 bits per heavy atom. The Hall–Kier alpha value is -1.32. The minimum Gasteiger partial charge on any atom is -0.359 e. The zero-order valence-corrected chi connectivity index (χ0v) is 11.7. The van der Waals surface area contributed by atoms with Crippen LogP contribution in [0.1, 0.15) is 46.5 Å². The summed E-state index contributed by atoms with van der Waals surface area (Å²) in [7, 11) is 0. The van der Waals surface area contributed by atoms with Crippen LogP contribution in [0.3, 0.4) is 0 Å². The molecule has 0 aliphatic rings. The van der Waals surface area contributed by atoms with Gasteiger partial charge in [0.15, 0.2) is 0 Å². The normalized spacial score (nSPS) is 12.7. The minimum atomic E-state index is 0.107. The van der Waals surface area contributed by atoms with Crippen LogP contribution in [-0.4, -0.2) is 24.9 Å². The van der Waals surface area contributed by atoms with Crippen molar-refractivity contribution in [2.45, 2.75) is 52.5 Å². The standard InChI is InChI=1S/C14H26N2O2/c1-4-8-13(12(2)3)16-14(18)9-6-5-7-10-15-11-17/h4,8,11-13H,5-7,9-10H2,1-3H3,(H,15,17)(H,16,18)/b8-4+. The lowest BCUT2D eigenvalue weighted by molar-refractivity contribution is -0.121. The van der Waals surface area contributed by atoms with E-state index in [9.17, 15) is 9.59 Å². The lowest BCUT2D eigenvalue weighted by atomic mass is 10.0. The number of amides is 2. The SMILES string of the molecule is C/C=C/C(NC(=O)CCCCCNC=O)C(C)C. The summed E-state index contributed by atoms with van der Waals surface area (Å²) >= 11 is 0. The molecule has 2 N–H and O–H groups in total. The van der Waals surface area contributed by atoms with Gasteiger partial charge in [0.2, 0.25) is 12.3 Å². The third kappa shape index (κ3) is 8.79. The smallest absolute Gasteiger partial charge is 0.220 e. The quantitative estimate of drug-likeness (QED) is 0.356. The van der Waals surface area contributed by atoms with Crippen molar-refractivity contribution in [2.75, 3.05) is 6.54 Å². The van der Waals surface area contributed by atoms with Crippen LogP contribution in [0.15, 0.2) is 12.2 Å². The molecule has 0 spiro atoms. The first kappa shape index (κ1) is 16.7. The van der Waals surface area contributed by atoms with Crippen molar-refractivity contribution in [3.63, 3.8) is 0 Å². The molecular weight excluding hydrogens is 228 g/mol. The molecule has 4 nitrogen and oxygen atoms in total. The third-order valence-corrected chi connectivity index (χ3v) is 2.75. The van der Waals surface area contributed by atoms with E-state index in [1.807, 2.05) is 19.1 Å². The number of rotatable bonds is 10. The largest absolute Gasteiger partial charge is 0.359 e. The lowest BCUT2D eigenvalue weighted by Crippen LogP contribution is -2.36. The molecule has 0 aliphatic carbocycles. The molecule has 0 bridgehead atoms. The van der Waals surface area contributed by atoms with Crippen molar-refractivity contribution in [1.29, 1.82) is 0 Å². The van der Waals surface area contributed by atoms with E-state index in [0.29, 0.717) is 25.3 Å². The summed E-state index contributed by atoms with van der Waals surface area (Å²) in [6.07, 6.45) is 8.01. The van der Waals surface area contributed by atoms with E-state index < -0.39 is 0 Å². The molecule has 0 rings (SSSR count). The predicted octanol–water partition coefficient (Wildman–Crippen LogP) is 2.01. The summed E-state index contributed by atoms with van der Waals surface area (Å²) in [5.74, 6) is 0.511. The number of allylic oxidation sites excluding steroid dienone is 1. The highest BCUT2D eigenvalue weighted by atomic mass is 16.1. The number of carbonyl (C=O) groups excluding carboxylic acids is 2. The summed E-state index contributed by atoms with van der Waals surface area (Å²) in [5, 5.41) is 5.63. The molecule has 1 unspecified atom stereocenters. The highest BCUT2D eigenvalue weighted by Gasteiger charge is 2.12. The van der Waals surface area contributed by atoms with Crippen molar-refractivity contribution in [3.05, 3.63) is 12.2 Å². The van der Waals surface area contributed by atoms with Crippen molar-refractivity contribution < 1.29 is 9.59 Å². The van der Waals surface area contributed by atoms with Gasteiger partial charge in [-0.15, -0.1) is 0 Å². The molecule has 0 radical (unpaired) electrons. The summed E-state index contributed by atoms with van der Waals surface area (Å²) in [5.41, 5.74) is 0. The van der Waals surface area contributed by atoms with E-state index in [0.717, 1.165) is 19.3 Å². The molecule has 0 heterocycles. The first-order chi connectivity index (χ1) is 8.61. The first-order valence-corrected chi connectivity index (χ1v) is 6.71. The molecule has 2 amide bonds. The molecule has 1 atom stereocenters. The second-order valence-corrected chi connectivity index (χ2v) is 4.75. The van der Waals surface area contributed by atoms with Gasteiger partial charge in [-0.3, -0.25) is 9.59 Å². The monoisotopic (exact) mass is 254 g/mol. The van der Waals surface area contributed by atoms with Gasteiger partial charge in [0.1, 0.15) is 0 Å². The van der Waals surface area contributed by atoms with E-state index in [-0.39, 0.29) is 11.9 Å². The van der Waals surface area contributed by atoms with Crippen molar-refractivity contribution >= 4 is 12.3 Å². The predicted molar refractivity (Wildman–Crippen MR) is 74.1 cm³/mol. The second-order valence-electron chi connectivity index (χ2n) is 4.75. The van der Waals surface area contributed by atoms with Crippen molar-refractivity contribution in [3.8, 4) is 0 Å². The third-order valence-electron chi connectivity index (χ3n) is 2.75. The maximum Gasteiger partial charge on any atom is 0.220 e. The van der Waals surface area contributed by atoms with Gasteiger partial charge in [-0.2, -0.15) is 0 Å². The lowest BCUT2D eigenvalue weighted by Gasteiger charge is -2.18. The molecule has 18 heavy (non-hydrogen) atoms. The number of hydrogen-bond acceptors (Lipinski definition) is 2. The Bertz CT molecular complexity index is 263. The molecule has 4 heteroatoms. The summed E-state index contributed by atoms with van der Waals surface area (Å²) < 4.78 is 0. The summed E-state index contributed by atoms with van der Waals surface area (Å²) in [6, 6.07) is 0.124. The van der Waals surface area contributed by atoms with Gasteiger partial charge in [-0.1, -0.05) is 32.4 Å². The van der Waals surface area contributed by atoms with Gasteiger partial charge < -0.3 is 10.6 Å². The average Bonchev–Trinajstić information content (AvgIpc) is 2.33. The van der Waals surface area contributed by atoms with Crippen LogP contribution in [0.4, 0.5) is 0 Å². The van der Waals surface area contributed by atoms with E-state index in [4.69, 9.17) is 0 Å². The van der Waals surface area contributed by atoms with Crippen LogP contribution in [0.2, 0.25) is 0 Å². The zero-order valence-electron chi connectivity index (χ0n) is 11.7. The fourth-order valence-electron chi connectivity index (χ4n) is 1.65. The molecule has 0 aliphatic heterocycles. The first-order valence-electron chi connectivity index (χ1n) is 6.71. The van der Waals surface area contributed by atoms with Gasteiger partial charge in [-0.05, 0) is 25.7 Å². The summed E-state index contributed by atoms with van der Waals surface area (Å²) in [4.78, 5) is 21.7. The maximum atomic E-state index is 11.7. The van der Waals surface area contributed by atoms with E-state index in [1.54, 1.807) is 0 Å². The highest BCUT2D eigenvalue weighted by Crippen LogP contribution is 2.05. The molecule has 104 valence electrons. The molecule has 0 saturated carbocycles. The molecule has 0 fully saturated rings. The Morgan fingerprint density at radius 1 is 1.22 bits per heavy atom. The fraction of sp³-hybridized carbons (Fsp3) is 0.714. The Morgan fingerprint density at radius 3 is 2.50 bits per heavy atom. The molecule has 0 saturated heterocycles. The number of nitrogens with one attached hydrogen (secondary N) is 2. The highest BCUT2D eigenvalue weighted by molar-refractivity contribution is 5.76.